The van der Waals surface area contributed by atoms with Gasteiger partial charge < -0.3 is 10.2 Å². The van der Waals surface area contributed by atoms with E-state index in [2.05, 4.69) is 41.2 Å². The fraction of sp³-hybridized carbons (Fsp3) is 0.562. The average Bonchev–Trinajstić information content (AvgIpc) is 2.43. The van der Waals surface area contributed by atoms with Crippen LogP contribution in [0.15, 0.2) is 35.3 Å². The number of rotatable bonds is 8. The monoisotopic (exact) mass is 261 g/mol. The summed E-state index contributed by atoms with van der Waals surface area (Å²) in [5.74, 6) is 0.984. The van der Waals surface area contributed by atoms with E-state index in [9.17, 15) is 0 Å². The van der Waals surface area contributed by atoms with Crippen LogP contribution in [0.3, 0.4) is 0 Å². The molecule has 0 radical (unpaired) electrons. The molecule has 1 aromatic rings. The molecule has 19 heavy (non-hydrogen) atoms. The number of likely N-dealkylation sites (N-methyl/N-ethyl adjacent to an activating group) is 1. The van der Waals surface area contributed by atoms with Gasteiger partial charge in [0, 0.05) is 12.2 Å². The minimum atomic E-state index is 0.864. The Labute approximate surface area is 117 Å². The van der Waals surface area contributed by atoms with Crippen LogP contribution in [-0.4, -0.2) is 36.9 Å². The Hall–Kier alpha value is -1.35. The van der Waals surface area contributed by atoms with Gasteiger partial charge in [0.25, 0.3) is 0 Å². The van der Waals surface area contributed by atoms with Crippen molar-refractivity contribution in [3.05, 3.63) is 30.3 Å². The summed E-state index contributed by atoms with van der Waals surface area (Å²) in [6, 6.07) is 10.2. The van der Waals surface area contributed by atoms with Crippen molar-refractivity contribution in [3.63, 3.8) is 0 Å². The largest absolute Gasteiger partial charge is 0.344 e. The topological polar surface area (TPSA) is 27.6 Å². The van der Waals surface area contributed by atoms with Crippen molar-refractivity contribution < 1.29 is 0 Å². The maximum atomic E-state index is 4.58. The summed E-state index contributed by atoms with van der Waals surface area (Å²) in [5, 5.41) is 3.31. The lowest BCUT2D eigenvalue weighted by Gasteiger charge is -2.18. The van der Waals surface area contributed by atoms with Crippen molar-refractivity contribution in [1.82, 2.24) is 4.90 Å². The van der Waals surface area contributed by atoms with Crippen LogP contribution in [0.1, 0.15) is 33.6 Å². The second-order valence-electron chi connectivity index (χ2n) is 4.75. The van der Waals surface area contributed by atoms with Crippen molar-refractivity contribution >= 4 is 11.5 Å². The molecule has 0 saturated carbocycles. The zero-order valence-corrected chi connectivity index (χ0v) is 12.5. The Balaban J connectivity index is 2.31. The Bertz CT molecular complexity index is 360. The minimum Gasteiger partial charge on any atom is -0.344 e. The van der Waals surface area contributed by atoms with Gasteiger partial charge in [0.2, 0.25) is 0 Å². The molecule has 106 valence electrons. The highest BCUT2D eigenvalue weighted by atomic mass is 15.1. The van der Waals surface area contributed by atoms with Gasteiger partial charge in [-0.05, 0) is 38.6 Å². The first kappa shape index (κ1) is 15.7. The molecule has 0 bridgehead atoms. The van der Waals surface area contributed by atoms with Crippen LogP contribution in [0.2, 0.25) is 0 Å². The number of anilines is 1. The lowest BCUT2D eigenvalue weighted by atomic mass is 10.3. The molecule has 0 spiro atoms. The van der Waals surface area contributed by atoms with E-state index in [1.807, 2.05) is 25.1 Å². The van der Waals surface area contributed by atoms with Gasteiger partial charge >= 0.3 is 0 Å². The van der Waals surface area contributed by atoms with Crippen molar-refractivity contribution in [2.75, 3.05) is 31.5 Å². The lowest BCUT2D eigenvalue weighted by Crippen LogP contribution is -2.27. The molecule has 0 aliphatic rings. The van der Waals surface area contributed by atoms with Crippen LogP contribution >= 0.6 is 0 Å². The molecule has 0 aromatic heterocycles. The van der Waals surface area contributed by atoms with Gasteiger partial charge in [-0.2, -0.15) is 0 Å². The zero-order chi connectivity index (χ0) is 13.9. The lowest BCUT2D eigenvalue weighted by molar-refractivity contribution is 0.291. The molecule has 0 aliphatic heterocycles. The molecule has 3 nitrogen and oxygen atoms in total. The summed E-state index contributed by atoms with van der Waals surface area (Å²) in [6.07, 6.45) is 2.53. The van der Waals surface area contributed by atoms with Crippen molar-refractivity contribution in [2.45, 2.75) is 33.6 Å². The number of hydrogen-bond donors (Lipinski definition) is 1. The molecule has 0 saturated heterocycles. The molecule has 0 aliphatic carbocycles. The molecule has 1 N–H and O–H groups in total. The molecule has 0 fully saturated rings. The van der Waals surface area contributed by atoms with Gasteiger partial charge in [-0.3, -0.25) is 4.99 Å². The van der Waals surface area contributed by atoms with E-state index in [4.69, 9.17) is 0 Å². The minimum absolute atomic E-state index is 0.864. The first-order valence-corrected chi connectivity index (χ1v) is 7.31. The van der Waals surface area contributed by atoms with Gasteiger partial charge in [0.05, 0.1) is 12.4 Å². The van der Waals surface area contributed by atoms with Crippen molar-refractivity contribution in [1.29, 1.82) is 0 Å². The quantitative estimate of drug-likeness (QED) is 0.571. The van der Waals surface area contributed by atoms with E-state index in [1.54, 1.807) is 0 Å². The highest BCUT2D eigenvalue weighted by Crippen LogP contribution is 2.04. The van der Waals surface area contributed by atoms with Crippen LogP contribution in [0.5, 0.6) is 0 Å². The summed E-state index contributed by atoms with van der Waals surface area (Å²) >= 11 is 0. The fourth-order valence-electron chi connectivity index (χ4n) is 1.94. The van der Waals surface area contributed by atoms with E-state index in [-0.39, 0.29) is 0 Å². The number of unbranched alkanes of at least 4 members (excludes halogenated alkanes) is 1. The van der Waals surface area contributed by atoms with Crippen LogP contribution in [0.4, 0.5) is 5.69 Å². The summed E-state index contributed by atoms with van der Waals surface area (Å²) in [5.41, 5.74) is 1.10. The average molecular weight is 261 g/mol. The van der Waals surface area contributed by atoms with Crippen LogP contribution < -0.4 is 5.32 Å². The number of hydrogen-bond acceptors (Lipinski definition) is 2. The highest BCUT2D eigenvalue weighted by molar-refractivity contribution is 5.93. The van der Waals surface area contributed by atoms with E-state index in [0.29, 0.717) is 0 Å². The van der Waals surface area contributed by atoms with Crippen LogP contribution in [0, 0.1) is 0 Å². The molecular formula is C16H27N3. The summed E-state index contributed by atoms with van der Waals surface area (Å²) in [4.78, 5) is 7.04. The number of aliphatic imine (C=N–C) groups is 1. The van der Waals surface area contributed by atoms with E-state index < -0.39 is 0 Å². The van der Waals surface area contributed by atoms with E-state index in [1.165, 1.54) is 19.4 Å². The van der Waals surface area contributed by atoms with Gasteiger partial charge in [0.15, 0.2) is 0 Å². The van der Waals surface area contributed by atoms with Gasteiger partial charge in [-0.1, -0.05) is 38.5 Å². The first-order chi connectivity index (χ1) is 9.26. The second kappa shape index (κ2) is 9.56. The van der Waals surface area contributed by atoms with Gasteiger partial charge in [-0.25, -0.2) is 0 Å². The predicted octanol–water partition coefficient (Wildman–Crippen LogP) is 3.64. The third-order valence-electron chi connectivity index (χ3n) is 3.14. The van der Waals surface area contributed by atoms with Crippen molar-refractivity contribution in [2.24, 2.45) is 4.99 Å². The molecule has 3 heteroatoms. The van der Waals surface area contributed by atoms with E-state index >= 15 is 0 Å². The summed E-state index contributed by atoms with van der Waals surface area (Å²) in [6.45, 7) is 10.7. The molecule has 0 heterocycles. The van der Waals surface area contributed by atoms with E-state index in [0.717, 1.165) is 31.2 Å². The summed E-state index contributed by atoms with van der Waals surface area (Å²) in [7, 11) is 0. The molecule has 0 unspecified atom stereocenters. The van der Waals surface area contributed by atoms with Gasteiger partial charge in [0.1, 0.15) is 0 Å². The third kappa shape index (κ3) is 6.97. The number of nitrogens with one attached hydrogen (secondary N) is 1. The standard InChI is InChI=1S/C16H27N3/c1-4-6-13-19(5-2)14-12-17-15(3)18-16-10-8-7-9-11-16/h7-11H,4-6,12-14H2,1-3H3,(H,17,18). The van der Waals surface area contributed by atoms with Crippen molar-refractivity contribution in [3.8, 4) is 0 Å². The summed E-state index contributed by atoms with van der Waals surface area (Å²) < 4.78 is 0. The SMILES string of the molecule is CCCCN(CC)CC/N=C(\C)Nc1ccccc1. The number of nitrogens with zero attached hydrogens (tertiary/aromatic N) is 2. The fourth-order valence-corrected chi connectivity index (χ4v) is 1.94. The molecule has 0 atom stereocenters. The number of benzene rings is 1. The zero-order valence-electron chi connectivity index (χ0n) is 12.5. The molecular weight excluding hydrogens is 234 g/mol. The Morgan fingerprint density at radius 3 is 2.53 bits per heavy atom. The van der Waals surface area contributed by atoms with Gasteiger partial charge in [-0.15, -0.1) is 0 Å². The Morgan fingerprint density at radius 2 is 1.89 bits per heavy atom. The number of amidine groups is 1. The normalized spacial score (nSPS) is 11.9. The Kier molecular flexibility index (Phi) is 7.91. The first-order valence-electron chi connectivity index (χ1n) is 7.31. The highest BCUT2D eigenvalue weighted by Gasteiger charge is 2.00. The molecule has 1 aromatic carbocycles. The third-order valence-corrected chi connectivity index (χ3v) is 3.14. The van der Waals surface area contributed by atoms with Crippen LogP contribution in [-0.2, 0) is 0 Å². The molecule has 0 amide bonds. The second-order valence-corrected chi connectivity index (χ2v) is 4.75. The maximum absolute atomic E-state index is 4.58. The maximum Gasteiger partial charge on any atom is 0.0976 e. The Morgan fingerprint density at radius 1 is 1.16 bits per heavy atom. The number of para-hydroxylation sites is 1. The van der Waals surface area contributed by atoms with Crippen LogP contribution in [0.25, 0.3) is 0 Å². The predicted molar refractivity (Wildman–Crippen MR) is 85.1 cm³/mol. The smallest absolute Gasteiger partial charge is 0.0976 e. The molecule has 1 rings (SSSR count).